The zero-order chi connectivity index (χ0) is 17.2. The highest BCUT2D eigenvalue weighted by Crippen LogP contribution is 2.31. The largest absolute Gasteiger partial charge is 0.391 e. The Hall–Kier alpha value is -2.56. The maximum absolute atomic E-state index is 14.5. The normalized spacial score (nSPS) is 19.0. The van der Waals surface area contributed by atoms with Crippen molar-refractivity contribution in [3.8, 4) is 11.1 Å². The van der Waals surface area contributed by atoms with E-state index in [1.165, 1.54) is 0 Å². The topological polar surface area (TPSA) is 45.1 Å². The summed E-state index contributed by atoms with van der Waals surface area (Å²) in [6.07, 6.45) is 3.55. The number of nitrogens with zero attached hydrogens (tertiary/aromatic N) is 1. The first-order valence-corrected chi connectivity index (χ1v) is 8.40. The summed E-state index contributed by atoms with van der Waals surface area (Å²) in [4.78, 5) is 3.98. The van der Waals surface area contributed by atoms with Gasteiger partial charge in [0.25, 0.3) is 0 Å². The molecule has 3 nitrogen and oxygen atoms in total. The van der Waals surface area contributed by atoms with Gasteiger partial charge in [0.2, 0.25) is 0 Å². The van der Waals surface area contributed by atoms with E-state index in [1.807, 2.05) is 42.5 Å². The van der Waals surface area contributed by atoms with Crippen molar-refractivity contribution in [1.82, 2.24) is 10.3 Å². The maximum Gasteiger partial charge on any atom is 0.128 e. The van der Waals surface area contributed by atoms with Gasteiger partial charge in [0.1, 0.15) is 5.82 Å². The molecule has 1 aliphatic carbocycles. The summed E-state index contributed by atoms with van der Waals surface area (Å²) in [5.41, 5.74) is 4.61. The Kier molecular flexibility index (Phi) is 4.30. The standard InChI is InChI=1S/C21H19FN2O/c22-19-11-15(14-7-9-23-10-8-14)5-6-17(19)13-24-21-18-4-2-1-3-16(18)12-20(21)25/h1-11,20-21,24-25H,12-13H2/t20-,21+/m0/s1. The summed E-state index contributed by atoms with van der Waals surface area (Å²) >= 11 is 0. The van der Waals surface area contributed by atoms with Crippen molar-refractivity contribution in [3.63, 3.8) is 0 Å². The second kappa shape index (κ2) is 6.75. The third kappa shape index (κ3) is 3.18. The highest BCUT2D eigenvalue weighted by atomic mass is 19.1. The number of nitrogens with one attached hydrogen (secondary N) is 1. The predicted octanol–water partition coefficient (Wildman–Crippen LogP) is 3.64. The summed E-state index contributed by atoms with van der Waals surface area (Å²) in [5.74, 6) is -0.248. The first-order chi connectivity index (χ1) is 12.2. The van der Waals surface area contributed by atoms with Gasteiger partial charge in [-0.2, -0.15) is 0 Å². The average Bonchev–Trinajstić information content (AvgIpc) is 2.96. The van der Waals surface area contributed by atoms with Crippen molar-refractivity contribution in [3.05, 3.63) is 89.5 Å². The zero-order valence-electron chi connectivity index (χ0n) is 13.7. The van der Waals surface area contributed by atoms with Gasteiger partial charge in [-0.3, -0.25) is 4.98 Å². The van der Waals surface area contributed by atoms with Gasteiger partial charge in [-0.1, -0.05) is 36.4 Å². The number of rotatable bonds is 4. The molecule has 1 heterocycles. The molecule has 0 bridgehead atoms. The van der Waals surface area contributed by atoms with Gasteiger partial charge in [0, 0.05) is 30.9 Å². The van der Waals surface area contributed by atoms with Gasteiger partial charge in [-0.25, -0.2) is 4.39 Å². The van der Waals surface area contributed by atoms with Crippen LogP contribution in [0.2, 0.25) is 0 Å². The first kappa shape index (κ1) is 15.9. The van der Waals surface area contributed by atoms with Crippen LogP contribution in [0.3, 0.4) is 0 Å². The molecule has 0 fully saturated rings. The molecule has 126 valence electrons. The molecule has 2 atom stereocenters. The van der Waals surface area contributed by atoms with E-state index >= 15 is 0 Å². The lowest BCUT2D eigenvalue weighted by molar-refractivity contribution is 0.140. The molecule has 1 aliphatic rings. The van der Waals surface area contributed by atoms with Crippen LogP contribution in [0.25, 0.3) is 11.1 Å². The number of fused-ring (bicyclic) bond motifs is 1. The number of halogens is 1. The number of hydrogen-bond donors (Lipinski definition) is 2. The predicted molar refractivity (Wildman–Crippen MR) is 95.4 cm³/mol. The van der Waals surface area contributed by atoms with Crippen LogP contribution in [-0.4, -0.2) is 16.2 Å². The van der Waals surface area contributed by atoms with Crippen molar-refractivity contribution in [2.24, 2.45) is 0 Å². The van der Waals surface area contributed by atoms with E-state index in [4.69, 9.17) is 0 Å². The average molecular weight is 334 g/mol. The molecule has 0 saturated carbocycles. The maximum atomic E-state index is 14.5. The second-order valence-electron chi connectivity index (χ2n) is 6.37. The Labute approximate surface area is 146 Å². The van der Waals surface area contributed by atoms with Crippen LogP contribution >= 0.6 is 0 Å². The van der Waals surface area contributed by atoms with Gasteiger partial charge in [-0.15, -0.1) is 0 Å². The molecule has 0 saturated heterocycles. The molecule has 2 N–H and O–H groups in total. The van der Waals surface area contributed by atoms with Crippen LogP contribution in [0.5, 0.6) is 0 Å². The Morgan fingerprint density at radius 1 is 1.04 bits per heavy atom. The molecule has 0 radical (unpaired) electrons. The van der Waals surface area contributed by atoms with E-state index in [0.29, 0.717) is 18.5 Å². The fourth-order valence-electron chi connectivity index (χ4n) is 3.45. The van der Waals surface area contributed by atoms with Crippen molar-refractivity contribution >= 4 is 0 Å². The smallest absolute Gasteiger partial charge is 0.128 e. The molecule has 0 unspecified atom stereocenters. The van der Waals surface area contributed by atoms with Gasteiger partial charge < -0.3 is 10.4 Å². The fraction of sp³-hybridized carbons (Fsp3) is 0.190. The summed E-state index contributed by atoms with van der Waals surface area (Å²) in [6, 6.07) is 16.8. The molecule has 0 aliphatic heterocycles. The van der Waals surface area contributed by atoms with Crippen LogP contribution in [0, 0.1) is 5.82 Å². The number of benzene rings is 2. The monoisotopic (exact) mass is 334 g/mol. The number of aromatic nitrogens is 1. The molecular weight excluding hydrogens is 315 g/mol. The summed E-state index contributed by atoms with van der Waals surface area (Å²) in [5, 5.41) is 13.6. The second-order valence-corrected chi connectivity index (χ2v) is 6.37. The molecule has 0 amide bonds. The van der Waals surface area contributed by atoms with E-state index in [-0.39, 0.29) is 11.9 Å². The van der Waals surface area contributed by atoms with Crippen LogP contribution in [0.4, 0.5) is 4.39 Å². The first-order valence-electron chi connectivity index (χ1n) is 8.40. The summed E-state index contributed by atoms with van der Waals surface area (Å²) in [7, 11) is 0. The minimum atomic E-state index is -0.475. The minimum absolute atomic E-state index is 0.157. The van der Waals surface area contributed by atoms with Gasteiger partial charge in [0.15, 0.2) is 0 Å². The van der Waals surface area contributed by atoms with Gasteiger partial charge in [0.05, 0.1) is 12.1 Å². The Bertz CT molecular complexity index is 882. The van der Waals surface area contributed by atoms with E-state index in [9.17, 15) is 9.50 Å². The highest BCUT2D eigenvalue weighted by molar-refractivity contribution is 5.63. The Morgan fingerprint density at radius 3 is 2.64 bits per heavy atom. The number of hydrogen-bond acceptors (Lipinski definition) is 3. The zero-order valence-corrected chi connectivity index (χ0v) is 13.7. The SMILES string of the molecule is O[C@H]1Cc2ccccc2[C@H]1NCc1ccc(-c2ccncc2)cc1F. The van der Waals surface area contributed by atoms with E-state index in [2.05, 4.69) is 10.3 Å². The van der Waals surface area contributed by atoms with Crippen LogP contribution in [-0.2, 0) is 13.0 Å². The van der Waals surface area contributed by atoms with E-state index < -0.39 is 6.10 Å². The molecular formula is C21H19FN2O. The third-order valence-corrected chi connectivity index (χ3v) is 4.78. The number of aliphatic hydroxyl groups excluding tert-OH is 1. The van der Waals surface area contributed by atoms with Gasteiger partial charge >= 0.3 is 0 Å². The van der Waals surface area contributed by atoms with Crippen molar-refractivity contribution in [2.75, 3.05) is 0 Å². The summed E-state index contributed by atoms with van der Waals surface area (Å²) < 4.78 is 14.5. The third-order valence-electron chi connectivity index (χ3n) is 4.78. The van der Waals surface area contributed by atoms with E-state index in [0.717, 1.165) is 22.3 Å². The molecule has 3 aromatic rings. The number of aliphatic hydroxyl groups is 1. The molecule has 2 aromatic carbocycles. The van der Waals surface area contributed by atoms with Crippen LogP contribution in [0.1, 0.15) is 22.7 Å². The highest BCUT2D eigenvalue weighted by Gasteiger charge is 2.30. The molecule has 25 heavy (non-hydrogen) atoms. The lowest BCUT2D eigenvalue weighted by Crippen LogP contribution is -2.28. The van der Waals surface area contributed by atoms with Crippen molar-refractivity contribution < 1.29 is 9.50 Å². The lowest BCUT2D eigenvalue weighted by Gasteiger charge is -2.18. The molecule has 1 aromatic heterocycles. The van der Waals surface area contributed by atoms with E-state index in [1.54, 1.807) is 24.5 Å². The minimum Gasteiger partial charge on any atom is -0.391 e. The Morgan fingerprint density at radius 2 is 1.84 bits per heavy atom. The van der Waals surface area contributed by atoms with Crippen LogP contribution < -0.4 is 5.32 Å². The molecule has 4 heteroatoms. The van der Waals surface area contributed by atoms with Crippen molar-refractivity contribution in [1.29, 1.82) is 0 Å². The van der Waals surface area contributed by atoms with Crippen LogP contribution in [0.15, 0.2) is 67.0 Å². The quantitative estimate of drug-likeness (QED) is 0.766. The molecule has 0 spiro atoms. The number of pyridine rings is 1. The van der Waals surface area contributed by atoms with Crippen molar-refractivity contribution in [2.45, 2.75) is 25.1 Å². The molecule has 4 rings (SSSR count). The lowest BCUT2D eigenvalue weighted by atomic mass is 10.0. The van der Waals surface area contributed by atoms with Gasteiger partial charge in [-0.05, 0) is 40.5 Å². The Balaban J connectivity index is 1.50. The fourth-order valence-corrected chi connectivity index (χ4v) is 3.45. The summed E-state index contributed by atoms with van der Waals surface area (Å²) in [6.45, 7) is 0.374.